The van der Waals surface area contributed by atoms with Crippen molar-refractivity contribution in [2.75, 3.05) is 0 Å². The van der Waals surface area contributed by atoms with Crippen LogP contribution in [0.15, 0.2) is 16.6 Å². The molecule has 1 aliphatic carbocycles. The molecule has 1 aliphatic rings. The lowest BCUT2D eigenvalue weighted by Crippen LogP contribution is -2.36. The summed E-state index contributed by atoms with van der Waals surface area (Å²) >= 11 is 3.50. The van der Waals surface area contributed by atoms with Gasteiger partial charge in [-0.3, -0.25) is 9.59 Å². The highest BCUT2D eigenvalue weighted by molar-refractivity contribution is 9.10. The summed E-state index contributed by atoms with van der Waals surface area (Å²) in [6, 6.07) is 3.83. The highest BCUT2D eigenvalue weighted by Gasteiger charge is 2.49. The third-order valence-electron chi connectivity index (χ3n) is 3.32. The number of benzene rings is 1. The first-order valence-electron chi connectivity index (χ1n) is 5.77. The van der Waals surface area contributed by atoms with E-state index in [1.165, 1.54) is 6.92 Å². The molecule has 0 spiro atoms. The molecule has 4 heteroatoms. The lowest BCUT2D eigenvalue weighted by atomic mass is 9.84. The minimum atomic E-state index is -0.733. The van der Waals surface area contributed by atoms with Crippen LogP contribution < -0.4 is 0 Å². The summed E-state index contributed by atoms with van der Waals surface area (Å²) in [5, 5.41) is 0. The monoisotopic (exact) mass is 310 g/mol. The number of ether oxygens (including phenoxy) is 1. The first-order valence-corrected chi connectivity index (χ1v) is 6.56. The molecular weight excluding hydrogens is 296 g/mol. The topological polar surface area (TPSA) is 43.4 Å². The molecular formula is C14H15BrO3. The van der Waals surface area contributed by atoms with Gasteiger partial charge >= 0.3 is 5.97 Å². The Labute approximate surface area is 115 Å². The van der Waals surface area contributed by atoms with E-state index in [2.05, 4.69) is 15.9 Å². The van der Waals surface area contributed by atoms with Crippen LogP contribution in [0.2, 0.25) is 0 Å². The molecule has 18 heavy (non-hydrogen) atoms. The Hall–Kier alpha value is -1.16. The van der Waals surface area contributed by atoms with Crippen molar-refractivity contribution in [3.05, 3.63) is 33.3 Å². The van der Waals surface area contributed by atoms with Crippen LogP contribution in [-0.4, -0.2) is 17.9 Å². The quantitative estimate of drug-likeness (QED) is 0.748. The van der Waals surface area contributed by atoms with E-state index in [-0.39, 0.29) is 5.78 Å². The van der Waals surface area contributed by atoms with E-state index in [4.69, 9.17) is 4.74 Å². The van der Waals surface area contributed by atoms with Crippen molar-refractivity contribution in [1.29, 1.82) is 0 Å². The molecule has 0 N–H and O–H groups in total. The van der Waals surface area contributed by atoms with E-state index in [0.29, 0.717) is 5.56 Å². The summed E-state index contributed by atoms with van der Waals surface area (Å²) in [7, 11) is 0. The van der Waals surface area contributed by atoms with E-state index < -0.39 is 17.5 Å². The van der Waals surface area contributed by atoms with E-state index >= 15 is 0 Å². The zero-order valence-electron chi connectivity index (χ0n) is 10.8. The van der Waals surface area contributed by atoms with E-state index in [1.54, 1.807) is 0 Å². The first kappa shape index (κ1) is 13.3. The number of hydrogen-bond acceptors (Lipinski definition) is 3. The Bertz CT molecular complexity index is 546. The average molecular weight is 311 g/mol. The van der Waals surface area contributed by atoms with Crippen molar-refractivity contribution in [2.45, 2.75) is 39.2 Å². The Morgan fingerprint density at radius 1 is 1.39 bits per heavy atom. The Kier molecular flexibility index (Phi) is 3.09. The summed E-state index contributed by atoms with van der Waals surface area (Å²) in [5.41, 5.74) is 2.07. The van der Waals surface area contributed by atoms with Crippen molar-refractivity contribution in [1.82, 2.24) is 0 Å². The normalized spacial score (nSPS) is 20.7. The SMILES string of the molecule is CC(=O)OC1C(=O)c2cc(C)cc(Br)c2C1(C)C. The van der Waals surface area contributed by atoms with Gasteiger partial charge in [-0.15, -0.1) is 0 Å². The van der Waals surface area contributed by atoms with E-state index in [9.17, 15) is 9.59 Å². The van der Waals surface area contributed by atoms with Crippen LogP contribution >= 0.6 is 15.9 Å². The lowest BCUT2D eigenvalue weighted by Gasteiger charge is -2.26. The second kappa shape index (κ2) is 4.19. The van der Waals surface area contributed by atoms with Crippen molar-refractivity contribution in [3.8, 4) is 0 Å². The fraction of sp³-hybridized carbons (Fsp3) is 0.429. The zero-order chi connectivity index (χ0) is 13.7. The van der Waals surface area contributed by atoms with Crippen molar-refractivity contribution in [3.63, 3.8) is 0 Å². The largest absolute Gasteiger partial charge is 0.453 e. The molecule has 0 amide bonds. The number of ketones is 1. The predicted molar refractivity (Wildman–Crippen MR) is 71.8 cm³/mol. The lowest BCUT2D eigenvalue weighted by molar-refractivity contribution is -0.146. The molecule has 0 heterocycles. The van der Waals surface area contributed by atoms with Gasteiger partial charge in [-0.1, -0.05) is 29.8 Å². The smallest absolute Gasteiger partial charge is 0.303 e. The highest BCUT2D eigenvalue weighted by atomic mass is 79.9. The fourth-order valence-corrected chi connectivity index (χ4v) is 3.64. The minimum Gasteiger partial charge on any atom is -0.453 e. The number of carbonyl (C=O) groups excluding carboxylic acids is 2. The Morgan fingerprint density at radius 2 is 2.00 bits per heavy atom. The van der Waals surface area contributed by atoms with Gasteiger partial charge in [0.05, 0.1) is 0 Å². The fourth-order valence-electron chi connectivity index (χ4n) is 2.56. The highest BCUT2D eigenvalue weighted by Crippen LogP contribution is 2.44. The summed E-state index contributed by atoms with van der Waals surface area (Å²) in [6.45, 7) is 7.10. The molecule has 0 saturated carbocycles. The molecule has 0 fully saturated rings. The number of fused-ring (bicyclic) bond motifs is 1. The molecule has 0 aliphatic heterocycles. The number of aryl methyl sites for hydroxylation is 1. The maximum Gasteiger partial charge on any atom is 0.303 e. The maximum atomic E-state index is 12.4. The average Bonchev–Trinajstić information content (AvgIpc) is 2.38. The molecule has 0 radical (unpaired) electrons. The van der Waals surface area contributed by atoms with Crippen LogP contribution in [0.3, 0.4) is 0 Å². The van der Waals surface area contributed by atoms with Gasteiger partial charge in [0.15, 0.2) is 6.10 Å². The molecule has 0 saturated heterocycles. The zero-order valence-corrected chi connectivity index (χ0v) is 12.4. The summed E-state index contributed by atoms with van der Waals surface area (Å²) in [4.78, 5) is 23.5. The van der Waals surface area contributed by atoms with Crippen LogP contribution in [0.25, 0.3) is 0 Å². The third-order valence-corrected chi connectivity index (χ3v) is 3.95. The molecule has 96 valence electrons. The van der Waals surface area contributed by atoms with Gasteiger partial charge in [0, 0.05) is 22.4 Å². The maximum absolute atomic E-state index is 12.4. The number of esters is 1. The van der Waals surface area contributed by atoms with Gasteiger partial charge in [-0.05, 0) is 30.2 Å². The second-order valence-electron chi connectivity index (χ2n) is 5.24. The minimum absolute atomic E-state index is 0.116. The van der Waals surface area contributed by atoms with Gasteiger partial charge in [0.1, 0.15) is 0 Å². The van der Waals surface area contributed by atoms with Crippen LogP contribution in [0, 0.1) is 6.92 Å². The Morgan fingerprint density at radius 3 is 2.56 bits per heavy atom. The molecule has 0 bridgehead atoms. The van der Waals surface area contributed by atoms with Gasteiger partial charge in [0.2, 0.25) is 5.78 Å². The van der Waals surface area contributed by atoms with Gasteiger partial charge in [0.25, 0.3) is 0 Å². The van der Waals surface area contributed by atoms with Crippen LogP contribution in [0.4, 0.5) is 0 Å². The molecule has 1 aromatic rings. The number of rotatable bonds is 1. The predicted octanol–water partition coefficient (Wildman–Crippen LogP) is 3.16. The third kappa shape index (κ3) is 1.88. The molecule has 0 aromatic heterocycles. The van der Waals surface area contributed by atoms with Gasteiger partial charge in [-0.25, -0.2) is 0 Å². The van der Waals surface area contributed by atoms with Crippen molar-refractivity contribution >= 4 is 27.7 Å². The number of carbonyl (C=O) groups is 2. The van der Waals surface area contributed by atoms with Gasteiger partial charge in [-0.2, -0.15) is 0 Å². The summed E-state index contributed by atoms with van der Waals surface area (Å²) < 4.78 is 6.10. The standard InChI is InChI=1S/C14H15BrO3/c1-7-5-9-11(10(15)6-7)14(3,4)13(12(9)17)18-8(2)16/h5-6,13H,1-4H3. The van der Waals surface area contributed by atoms with Crippen LogP contribution in [0.1, 0.15) is 42.3 Å². The van der Waals surface area contributed by atoms with Crippen LogP contribution in [-0.2, 0) is 14.9 Å². The number of hydrogen-bond donors (Lipinski definition) is 0. The van der Waals surface area contributed by atoms with Crippen molar-refractivity contribution in [2.24, 2.45) is 0 Å². The second-order valence-corrected chi connectivity index (χ2v) is 6.10. The van der Waals surface area contributed by atoms with Crippen molar-refractivity contribution < 1.29 is 14.3 Å². The molecule has 1 unspecified atom stereocenters. The van der Waals surface area contributed by atoms with Crippen LogP contribution in [0.5, 0.6) is 0 Å². The summed E-state index contributed by atoms with van der Waals surface area (Å²) in [5.74, 6) is -0.545. The van der Waals surface area contributed by atoms with E-state index in [0.717, 1.165) is 15.6 Å². The van der Waals surface area contributed by atoms with Gasteiger partial charge < -0.3 is 4.74 Å². The Balaban J connectivity index is 2.60. The molecule has 1 aromatic carbocycles. The molecule has 1 atom stereocenters. The number of halogens is 1. The first-order chi connectivity index (χ1) is 8.25. The molecule has 3 nitrogen and oxygen atoms in total. The van der Waals surface area contributed by atoms with E-state index in [1.807, 2.05) is 32.9 Å². The number of Topliss-reactive ketones (excluding diaryl/α,β-unsaturated/α-hetero) is 1. The molecule has 2 rings (SSSR count). The summed E-state index contributed by atoms with van der Waals surface area (Å²) in [6.07, 6.45) is -0.733.